The van der Waals surface area contributed by atoms with Gasteiger partial charge in [0.1, 0.15) is 5.75 Å². The molecule has 0 saturated heterocycles. The zero-order chi connectivity index (χ0) is 14.8. The second-order valence-electron chi connectivity index (χ2n) is 3.97. The molecule has 2 N–H and O–H groups in total. The van der Waals surface area contributed by atoms with Gasteiger partial charge in [-0.3, -0.25) is 4.98 Å². The molecule has 106 valence electrons. The van der Waals surface area contributed by atoms with Gasteiger partial charge >= 0.3 is 6.36 Å². The Morgan fingerprint density at radius 3 is 2.60 bits per heavy atom. The zero-order valence-corrected chi connectivity index (χ0v) is 11.6. The highest BCUT2D eigenvalue weighted by Crippen LogP contribution is 2.29. The number of hydrogen-bond acceptors (Lipinski definition) is 3. The minimum atomic E-state index is -4.73. The molecule has 20 heavy (non-hydrogen) atoms. The molecular formula is C13H10BrF3N2O. The van der Waals surface area contributed by atoms with Crippen LogP contribution in [-0.2, 0) is 0 Å². The molecule has 0 aliphatic rings. The third-order valence-electron chi connectivity index (χ3n) is 2.53. The van der Waals surface area contributed by atoms with Crippen LogP contribution in [0.15, 0.2) is 47.1 Å². The van der Waals surface area contributed by atoms with E-state index < -0.39 is 12.4 Å². The number of hydrogen-bond donors (Lipinski definition) is 1. The zero-order valence-electron chi connectivity index (χ0n) is 10.1. The molecule has 2 rings (SSSR count). The summed E-state index contributed by atoms with van der Waals surface area (Å²) in [5.74, 6) is -0.308. The van der Waals surface area contributed by atoms with Crippen LogP contribution >= 0.6 is 15.9 Å². The van der Waals surface area contributed by atoms with Crippen molar-refractivity contribution in [3.8, 4) is 5.75 Å². The van der Waals surface area contributed by atoms with Crippen molar-refractivity contribution in [3.05, 3.63) is 58.3 Å². The Bertz CT molecular complexity index is 604. The number of nitrogens with two attached hydrogens (primary N) is 1. The standard InChI is InChI=1S/C13H10BrF3N2O/c14-10-5-2-6-19-12(10)11(18)8-3-1-4-9(7-8)20-13(15,16)17/h1-7,11H,18H2. The Labute approximate surface area is 121 Å². The summed E-state index contributed by atoms with van der Waals surface area (Å²) in [6.07, 6.45) is -3.16. The van der Waals surface area contributed by atoms with Gasteiger partial charge in [0.15, 0.2) is 0 Å². The lowest BCUT2D eigenvalue weighted by Crippen LogP contribution is -2.18. The summed E-state index contributed by atoms with van der Waals surface area (Å²) in [5, 5.41) is 0. The van der Waals surface area contributed by atoms with Gasteiger partial charge in [-0.2, -0.15) is 0 Å². The molecule has 0 fully saturated rings. The molecule has 2 aromatic rings. The molecule has 1 unspecified atom stereocenters. The van der Waals surface area contributed by atoms with Crippen molar-refractivity contribution in [2.45, 2.75) is 12.4 Å². The maximum absolute atomic E-state index is 12.2. The third-order valence-corrected chi connectivity index (χ3v) is 3.20. The molecule has 0 saturated carbocycles. The summed E-state index contributed by atoms with van der Waals surface area (Å²) >= 11 is 3.31. The fourth-order valence-corrected chi connectivity index (χ4v) is 2.19. The number of nitrogens with zero attached hydrogens (tertiary/aromatic N) is 1. The van der Waals surface area contributed by atoms with Crippen LogP contribution < -0.4 is 10.5 Å². The van der Waals surface area contributed by atoms with Crippen LogP contribution in [0.5, 0.6) is 5.75 Å². The molecule has 0 aliphatic carbocycles. The third kappa shape index (κ3) is 3.71. The molecule has 0 aliphatic heterocycles. The summed E-state index contributed by atoms with van der Waals surface area (Å²) in [6, 6.07) is 8.38. The second-order valence-corrected chi connectivity index (χ2v) is 4.82. The SMILES string of the molecule is NC(c1cccc(OC(F)(F)F)c1)c1ncccc1Br. The molecule has 0 spiro atoms. The van der Waals surface area contributed by atoms with E-state index in [1.54, 1.807) is 24.4 Å². The van der Waals surface area contributed by atoms with Crippen molar-refractivity contribution in [2.75, 3.05) is 0 Å². The highest BCUT2D eigenvalue weighted by molar-refractivity contribution is 9.10. The van der Waals surface area contributed by atoms with E-state index in [2.05, 4.69) is 25.7 Å². The monoisotopic (exact) mass is 346 g/mol. The molecule has 1 atom stereocenters. The van der Waals surface area contributed by atoms with Crippen molar-refractivity contribution >= 4 is 15.9 Å². The number of alkyl halides is 3. The van der Waals surface area contributed by atoms with Crippen LogP contribution in [0.25, 0.3) is 0 Å². The Morgan fingerprint density at radius 2 is 1.95 bits per heavy atom. The van der Waals surface area contributed by atoms with Gasteiger partial charge in [0.25, 0.3) is 0 Å². The number of rotatable bonds is 3. The van der Waals surface area contributed by atoms with Crippen LogP contribution in [0.2, 0.25) is 0 Å². The second kappa shape index (κ2) is 5.80. The minimum absolute atomic E-state index is 0.308. The van der Waals surface area contributed by atoms with Crippen molar-refractivity contribution in [1.29, 1.82) is 0 Å². The number of aromatic nitrogens is 1. The molecule has 1 aromatic carbocycles. The lowest BCUT2D eigenvalue weighted by molar-refractivity contribution is -0.274. The van der Waals surface area contributed by atoms with E-state index >= 15 is 0 Å². The van der Waals surface area contributed by atoms with E-state index in [9.17, 15) is 13.2 Å². The summed E-state index contributed by atoms with van der Waals surface area (Å²) in [6.45, 7) is 0. The van der Waals surface area contributed by atoms with Gasteiger partial charge < -0.3 is 10.5 Å². The van der Waals surface area contributed by atoms with E-state index in [1.165, 1.54) is 18.2 Å². The van der Waals surface area contributed by atoms with Crippen LogP contribution in [-0.4, -0.2) is 11.3 Å². The largest absolute Gasteiger partial charge is 0.573 e. The maximum Gasteiger partial charge on any atom is 0.573 e. The predicted octanol–water partition coefficient (Wildman–Crippen LogP) is 3.79. The Balaban J connectivity index is 2.29. The molecule has 0 amide bonds. The highest BCUT2D eigenvalue weighted by atomic mass is 79.9. The first kappa shape index (κ1) is 14.8. The van der Waals surface area contributed by atoms with Gasteiger partial charge in [-0.1, -0.05) is 12.1 Å². The fourth-order valence-electron chi connectivity index (χ4n) is 1.69. The predicted molar refractivity (Wildman–Crippen MR) is 71.1 cm³/mol. The van der Waals surface area contributed by atoms with E-state index in [0.717, 1.165) is 0 Å². The molecule has 1 aromatic heterocycles. The highest BCUT2D eigenvalue weighted by Gasteiger charge is 2.31. The van der Waals surface area contributed by atoms with Gasteiger partial charge in [0.05, 0.1) is 11.7 Å². The first-order valence-electron chi connectivity index (χ1n) is 5.58. The van der Waals surface area contributed by atoms with E-state index in [0.29, 0.717) is 15.7 Å². The first-order valence-corrected chi connectivity index (χ1v) is 6.38. The van der Waals surface area contributed by atoms with E-state index in [1.807, 2.05) is 0 Å². The topological polar surface area (TPSA) is 48.1 Å². The van der Waals surface area contributed by atoms with Crippen molar-refractivity contribution in [1.82, 2.24) is 4.98 Å². The summed E-state index contributed by atoms with van der Waals surface area (Å²) in [4.78, 5) is 4.12. The summed E-state index contributed by atoms with van der Waals surface area (Å²) in [5.41, 5.74) is 7.04. The Kier molecular flexibility index (Phi) is 4.29. The molecular weight excluding hydrogens is 337 g/mol. The van der Waals surface area contributed by atoms with Crippen LogP contribution in [0, 0.1) is 0 Å². The molecule has 3 nitrogen and oxygen atoms in total. The van der Waals surface area contributed by atoms with Gasteiger partial charge in [-0.05, 0) is 45.8 Å². The average molecular weight is 347 g/mol. The van der Waals surface area contributed by atoms with E-state index in [-0.39, 0.29) is 5.75 Å². The van der Waals surface area contributed by atoms with E-state index in [4.69, 9.17) is 5.73 Å². The smallest absolute Gasteiger partial charge is 0.406 e. The molecule has 0 radical (unpaired) electrons. The van der Waals surface area contributed by atoms with Crippen molar-refractivity contribution in [2.24, 2.45) is 5.73 Å². The van der Waals surface area contributed by atoms with Gasteiger partial charge in [-0.25, -0.2) is 0 Å². The summed E-state index contributed by atoms with van der Waals surface area (Å²) in [7, 11) is 0. The van der Waals surface area contributed by atoms with Crippen LogP contribution in [0.4, 0.5) is 13.2 Å². The van der Waals surface area contributed by atoms with Crippen molar-refractivity contribution in [3.63, 3.8) is 0 Å². The maximum atomic E-state index is 12.2. The van der Waals surface area contributed by atoms with Crippen molar-refractivity contribution < 1.29 is 17.9 Å². The molecule has 0 bridgehead atoms. The minimum Gasteiger partial charge on any atom is -0.406 e. The number of ether oxygens (including phenoxy) is 1. The van der Waals surface area contributed by atoms with Gasteiger partial charge in [0.2, 0.25) is 0 Å². The molecule has 7 heteroatoms. The number of benzene rings is 1. The van der Waals surface area contributed by atoms with Gasteiger partial charge in [-0.15, -0.1) is 13.2 Å². The van der Waals surface area contributed by atoms with Crippen LogP contribution in [0.1, 0.15) is 17.3 Å². The number of halogens is 4. The van der Waals surface area contributed by atoms with Crippen LogP contribution in [0.3, 0.4) is 0 Å². The quantitative estimate of drug-likeness (QED) is 0.919. The number of pyridine rings is 1. The summed E-state index contributed by atoms with van der Waals surface area (Å²) < 4.78 is 41.1. The Hall–Kier alpha value is -1.60. The molecule has 1 heterocycles. The van der Waals surface area contributed by atoms with Gasteiger partial charge in [0, 0.05) is 10.7 Å². The fraction of sp³-hybridized carbons (Fsp3) is 0.154. The lowest BCUT2D eigenvalue weighted by Gasteiger charge is -2.15. The Morgan fingerprint density at radius 1 is 1.20 bits per heavy atom. The normalized spacial score (nSPS) is 13.1. The average Bonchev–Trinajstić information content (AvgIpc) is 2.37. The first-order chi connectivity index (χ1) is 9.37. The lowest BCUT2D eigenvalue weighted by atomic mass is 10.0.